The summed E-state index contributed by atoms with van der Waals surface area (Å²) in [4.78, 5) is 24.2. The molecule has 1 aliphatic rings. The van der Waals surface area contributed by atoms with Gasteiger partial charge in [0.25, 0.3) is 0 Å². The predicted octanol–water partition coefficient (Wildman–Crippen LogP) is 2.59. The van der Waals surface area contributed by atoms with Crippen LogP contribution in [0.3, 0.4) is 0 Å². The fourth-order valence-electron chi connectivity index (χ4n) is 3.11. The summed E-state index contributed by atoms with van der Waals surface area (Å²) >= 11 is 3.40. The van der Waals surface area contributed by atoms with Crippen LogP contribution in [0.1, 0.15) is 43.6 Å². The number of nitrogens with zero attached hydrogens (tertiary/aromatic N) is 3. The summed E-state index contributed by atoms with van der Waals surface area (Å²) in [6.45, 7) is 3.72. The first-order chi connectivity index (χ1) is 12.5. The zero-order chi connectivity index (χ0) is 18.5. The van der Waals surface area contributed by atoms with E-state index in [0.29, 0.717) is 19.5 Å². The first-order valence-corrected chi connectivity index (χ1v) is 9.80. The van der Waals surface area contributed by atoms with Gasteiger partial charge in [-0.3, -0.25) is 4.57 Å². The molecule has 0 aliphatic carbocycles. The van der Waals surface area contributed by atoms with E-state index in [1.54, 1.807) is 4.57 Å². The smallest absolute Gasteiger partial charge is 0.338 e. The molecule has 0 bridgehead atoms. The summed E-state index contributed by atoms with van der Waals surface area (Å²) < 4.78 is 4.29. The first kappa shape index (κ1) is 18.7. The van der Waals surface area contributed by atoms with E-state index in [4.69, 9.17) is 0 Å². The summed E-state index contributed by atoms with van der Waals surface area (Å²) in [5.74, 6) is 0.885. The molecule has 1 unspecified atom stereocenters. The average Bonchev–Trinajstić information content (AvgIpc) is 2.95. The largest absolute Gasteiger partial charge is 0.345 e. The van der Waals surface area contributed by atoms with E-state index in [1.807, 2.05) is 31.2 Å². The lowest BCUT2D eigenvalue weighted by Crippen LogP contribution is -2.38. The number of fused-ring (bicyclic) bond motifs is 1. The zero-order valence-electron chi connectivity index (χ0n) is 14.9. The molecule has 1 aromatic carbocycles. The highest BCUT2D eigenvalue weighted by Crippen LogP contribution is 2.16. The molecule has 2 aromatic rings. The van der Waals surface area contributed by atoms with Crippen molar-refractivity contribution in [2.45, 2.75) is 51.7 Å². The van der Waals surface area contributed by atoms with Gasteiger partial charge in [0.1, 0.15) is 5.82 Å². The van der Waals surface area contributed by atoms with Gasteiger partial charge in [0.15, 0.2) is 0 Å². The minimum atomic E-state index is -0.211. The molecule has 1 aromatic heterocycles. The normalized spacial score (nSPS) is 14.5. The van der Waals surface area contributed by atoms with Crippen LogP contribution in [0.25, 0.3) is 0 Å². The number of hydrogen-bond acceptors (Lipinski definition) is 3. The van der Waals surface area contributed by atoms with Gasteiger partial charge in [-0.05, 0) is 43.9 Å². The highest BCUT2D eigenvalue weighted by Gasteiger charge is 2.16. The van der Waals surface area contributed by atoms with Gasteiger partial charge in [-0.1, -0.05) is 28.1 Å². The number of carbonyl (C=O) groups excluding carboxylic acids is 1. The van der Waals surface area contributed by atoms with Crippen LogP contribution in [0.4, 0.5) is 4.79 Å². The van der Waals surface area contributed by atoms with Gasteiger partial charge < -0.3 is 10.6 Å². The average molecular weight is 422 g/mol. The third kappa shape index (κ3) is 4.55. The Bertz CT molecular complexity index is 812. The molecule has 7 nitrogen and oxygen atoms in total. The number of amides is 2. The Balaban J connectivity index is 1.42. The number of aromatic nitrogens is 3. The highest BCUT2D eigenvalue weighted by molar-refractivity contribution is 9.10. The van der Waals surface area contributed by atoms with Crippen LogP contribution < -0.4 is 16.3 Å². The Hall–Kier alpha value is -2.09. The number of aryl methyl sites for hydroxylation is 2. The molecule has 8 heteroatoms. The fraction of sp³-hybridized carbons (Fsp3) is 0.500. The Labute approximate surface area is 160 Å². The van der Waals surface area contributed by atoms with Gasteiger partial charge in [-0.25, -0.2) is 14.3 Å². The lowest BCUT2D eigenvalue weighted by molar-refractivity contribution is 0.237. The van der Waals surface area contributed by atoms with Gasteiger partial charge in [-0.2, -0.15) is 5.10 Å². The van der Waals surface area contributed by atoms with Crippen molar-refractivity contribution in [1.82, 2.24) is 25.0 Å². The van der Waals surface area contributed by atoms with Crippen molar-refractivity contribution in [2.24, 2.45) is 0 Å². The van der Waals surface area contributed by atoms with E-state index in [0.717, 1.165) is 41.7 Å². The summed E-state index contributed by atoms with van der Waals surface area (Å²) in [7, 11) is 0. The van der Waals surface area contributed by atoms with Crippen LogP contribution in [0.5, 0.6) is 0 Å². The Kier molecular flexibility index (Phi) is 6.13. The Morgan fingerprint density at radius 3 is 2.81 bits per heavy atom. The second-order valence-electron chi connectivity index (χ2n) is 6.56. The van der Waals surface area contributed by atoms with Crippen molar-refractivity contribution >= 4 is 22.0 Å². The summed E-state index contributed by atoms with van der Waals surface area (Å²) in [6, 6.07) is 7.56. The van der Waals surface area contributed by atoms with Gasteiger partial charge in [0.05, 0.1) is 6.04 Å². The molecule has 0 fully saturated rings. The van der Waals surface area contributed by atoms with Crippen LogP contribution in [-0.2, 0) is 19.5 Å². The molecule has 3 rings (SSSR count). The molecule has 2 amide bonds. The summed E-state index contributed by atoms with van der Waals surface area (Å²) in [5.41, 5.74) is 1.01. The summed E-state index contributed by atoms with van der Waals surface area (Å²) in [6.07, 6.45) is 3.67. The molecule has 0 spiro atoms. The Morgan fingerprint density at radius 1 is 1.31 bits per heavy atom. The van der Waals surface area contributed by atoms with Crippen molar-refractivity contribution in [3.8, 4) is 0 Å². The molecular weight excluding hydrogens is 398 g/mol. The molecule has 0 saturated carbocycles. The molecule has 2 heterocycles. The van der Waals surface area contributed by atoms with Crippen LogP contribution in [0.15, 0.2) is 33.5 Å². The topological polar surface area (TPSA) is 81.0 Å². The third-order valence-electron chi connectivity index (χ3n) is 4.58. The van der Waals surface area contributed by atoms with Gasteiger partial charge in [0.2, 0.25) is 0 Å². The van der Waals surface area contributed by atoms with E-state index < -0.39 is 0 Å². The maximum Gasteiger partial charge on any atom is 0.345 e. The fourth-order valence-corrected chi connectivity index (χ4v) is 3.37. The highest BCUT2D eigenvalue weighted by atomic mass is 79.9. The molecule has 140 valence electrons. The number of hydrogen-bond donors (Lipinski definition) is 2. The predicted molar refractivity (Wildman–Crippen MR) is 103 cm³/mol. The number of carbonyl (C=O) groups is 1. The lowest BCUT2D eigenvalue weighted by atomic mass is 10.1. The van der Waals surface area contributed by atoms with Crippen LogP contribution in [-0.4, -0.2) is 26.9 Å². The SMILES string of the molecule is CC(NC(=O)NCCCn1nc2n(c1=O)CCCC2)c1ccc(Br)cc1. The van der Waals surface area contributed by atoms with E-state index in [9.17, 15) is 9.59 Å². The molecule has 0 saturated heterocycles. The van der Waals surface area contributed by atoms with Crippen LogP contribution in [0, 0.1) is 0 Å². The third-order valence-corrected chi connectivity index (χ3v) is 5.11. The van der Waals surface area contributed by atoms with Crippen molar-refractivity contribution in [3.63, 3.8) is 0 Å². The maximum absolute atomic E-state index is 12.2. The van der Waals surface area contributed by atoms with Crippen LogP contribution >= 0.6 is 15.9 Å². The van der Waals surface area contributed by atoms with Crippen LogP contribution in [0.2, 0.25) is 0 Å². The first-order valence-electron chi connectivity index (χ1n) is 9.01. The standard InChI is InChI=1S/C18H24BrN5O2/c1-13(14-6-8-15(19)9-7-14)21-17(25)20-10-4-12-24-18(26)23-11-3-2-5-16(23)22-24/h6-9,13H,2-5,10-12H2,1H3,(H2,20,21,25). The number of urea groups is 1. The maximum atomic E-state index is 12.2. The second kappa shape index (κ2) is 8.53. The van der Waals surface area contributed by atoms with Crippen molar-refractivity contribution in [2.75, 3.05) is 6.54 Å². The van der Waals surface area contributed by atoms with E-state index in [-0.39, 0.29) is 17.8 Å². The lowest BCUT2D eigenvalue weighted by Gasteiger charge is -2.15. The number of nitrogens with one attached hydrogen (secondary N) is 2. The molecule has 2 N–H and O–H groups in total. The van der Waals surface area contributed by atoms with E-state index in [2.05, 4.69) is 31.7 Å². The quantitative estimate of drug-likeness (QED) is 0.703. The minimum Gasteiger partial charge on any atom is -0.338 e. The van der Waals surface area contributed by atoms with Gasteiger partial charge in [0, 0.05) is 30.5 Å². The molecule has 1 aliphatic heterocycles. The minimum absolute atomic E-state index is 0.0342. The number of halogens is 1. The van der Waals surface area contributed by atoms with Gasteiger partial charge in [-0.15, -0.1) is 0 Å². The van der Waals surface area contributed by atoms with Gasteiger partial charge >= 0.3 is 11.7 Å². The second-order valence-corrected chi connectivity index (χ2v) is 7.47. The van der Waals surface area contributed by atoms with Crippen molar-refractivity contribution in [1.29, 1.82) is 0 Å². The van der Waals surface area contributed by atoms with E-state index in [1.165, 1.54) is 4.68 Å². The molecule has 0 radical (unpaired) electrons. The van der Waals surface area contributed by atoms with E-state index >= 15 is 0 Å². The molecule has 1 atom stereocenters. The number of benzene rings is 1. The number of rotatable bonds is 6. The monoisotopic (exact) mass is 421 g/mol. The Morgan fingerprint density at radius 2 is 2.08 bits per heavy atom. The zero-order valence-corrected chi connectivity index (χ0v) is 16.5. The van der Waals surface area contributed by atoms with Crippen molar-refractivity contribution < 1.29 is 4.79 Å². The summed E-state index contributed by atoms with van der Waals surface area (Å²) in [5, 5.41) is 10.1. The molecule has 26 heavy (non-hydrogen) atoms. The molecular formula is C18H24BrN5O2. The van der Waals surface area contributed by atoms with Crippen molar-refractivity contribution in [3.05, 3.63) is 50.6 Å².